The Labute approximate surface area is 100 Å². The number of hydrogen-bond acceptors (Lipinski definition) is 4. The van der Waals surface area contributed by atoms with Gasteiger partial charge < -0.3 is 14.1 Å². The molecule has 2 aromatic rings. The van der Waals surface area contributed by atoms with Crippen molar-refractivity contribution in [1.82, 2.24) is 4.98 Å². The van der Waals surface area contributed by atoms with Crippen molar-refractivity contribution in [2.45, 2.75) is 13.8 Å². The Morgan fingerprint density at radius 1 is 1.24 bits per heavy atom. The van der Waals surface area contributed by atoms with Crippen molar-refractivity contribution in [3.05, 3.63) is 23.6 Å². The molecule has 2 aromatic heterocycles. The molecule has 0 amide bonds. The molecule has 0 aliphatic carbocycles. The van der Waals surface area contributed by atoms with Crippen LogP contribution in [0, 0.1) is 13.8 Å². The molecule has 0 aromatic carbocycles. The number of hydrogen-bond donors (Lipinski definition) is 0. The van der Waals surface area contributed by atoms with E-state index in [-0.39, 0.29) is 0 Å². The fourth-order valence-corrected chi connectivity index (χ4v) is 2.33. The molecule has 17 heavy (non-hydrogen) atoms. The summed E-state index contributed by atoms with van der Waals surface area (Å²) in [7, 11) is 0. The highest BCUT2D eigenvalue weighted by molar-refractivity contribution is 5.92. The molecule has 4 nitrogen and oxygen atoms in total. The average molecular weight is 232 g/mol. The second-order valence-electron chi connectivity index (χ2n) is 4.39. The molecule has 0 bridgehead atoms. The summed E-state index contributed by atoms with van der Waals surface area (Å²) in [5, 5.41) is 1.15. The number of anilines is 1. The van der Waals surface area contributed by atoms with Crippen LogP contribution >= 0.6 is 0 Å². The minimum Gasteiger partial charge on any atom is -0.443 e. The molecule has 0 unspecified atom stereocenters. The molecule has 0 atom stereocenters. The number of aryl methyl sites for hydroxylation is 2. The fraction of sp³-hybridized carbons (Fsp3) is 0.462. The summed E-state index contributed by atoms with van der Waals surface area (Å²) in [6.45, 7) is 7.53. The average Bonchev–Trinajstić information content (AvgIpc) is 2.66. The van der Waals surface area contributed by atoms with E-state index >= 15 is 0 Å². The van der Waals surface area contributed by atoms with Gasteiger partial charge in [0, 0.05) is 24.8 Å². The van der Waals surface area contributed by atoms with Crippen LogP contribution in [0.15, 0.2) is 16.7 Å². The van der Waals surface area contributed by atoms with E-state index < -0.39 is 0 Å². The lowest BCUT2D eigenvalue weighted by molar-refractivity contribution is 0.123. The van der Waals surface area contributed by atoms with Gasteiger partial charge in [-0.1, -0.05) is 0 Å². The molecule has 1 saturated heterocycles. The third kappa shape index (κ3) is 1.69. The molecule has 0 radical (unpaired) electrons. The smallest absolute Gasteiger partial charge is 0.228 e. The Hall–Kier alpha value is -1.55. The molecular formula is C13H16N2O2. The molecule has 90 valence electrons. The number of furan rings is 1. The molecule has 1 fully saturated rings. The third-order valence-electron chi connectivity index (χ3n) is 3.40. The van der Waals surface area contributed by atoms with Crippen LogP contribution in [0.3, 0.4) is 0 Å². The zero-order valence-electron chi connectivity index (χ0n) is 10.2. The van der Waals surface area contributed by atoms with Gasteiger partial charge in [-0.25, -0.2) is 4.98 Å². The van der Waals surface area contributed by atoms with Gasteiger partial charge in [-0.05, 0) is 19.9 Å². The van der Waals surface area contributed by atoms with Crippen molar-refractivity contribution in [3.8, 4) is 0 Å². The van der Waals surface area contributed by atoms with E-state index in [2.05, 4.69) is 22.9 Å². The molecule has 3 heterocycles. The van der Waals surface area contributed by atoms with Crippen LogP contribution in [0.2, 0.25) is 0 Å². The predicted molar refractivity (Wildman–Crippen MR) is 66.5 cm³/mol. The topological polar surface area (TPSA) is 38.5 Å². The van der Waals surface area contributed by atoms with E-state index in [1.807, 2.05) is 13.1 Å². The Balaban J connectivity index is 2.14. The number of aromatic nitrogens is 1. The lowest BCUT2D eigenvalue weighted by atomic mass is 10.1. The summed E-state index contributed by atoms with van der Waals surface area (Å²) in [5.74, 6) is 0.952. The number of nitrogens with zero attached hydrogens (tertiary/aromatic N) is 2. The van der Waals surface area contributed by atoms with E-state index in [4.69, 9.17) is 9.15 Å². The van der Waals surface area contributed by atoms with Gasteiger partial charge in [-0.15, -0.1) is 0 Å². The summed E-state index contributed by atoms with van der Waals surface area (Å²) in [4.78, 5) is 6.64. The monoisotopic (exact) mass is 232 g/mol. The third-order valence-corrected chi connectivity index (χ3v) is 3.40. The maximum atomic E-state index is 5.66. The van der Waals surface area contributed by atoms with E-state index in [1.54, 1.807) is 0 Å². The summed E-state index contributed by atoms with van der Waals surface area (Å²) in [5.41, 5.74) is 3.14. The van der Waals surface area contributed by atoms with Crippen LogP contribution in [0.5, 0.6) is 0 Å². The van der Waals surface area contributed by atoms with E-state index in [1.165, 1.54) is 11.3 Å². The molecule has 3 rings (SSSR count). The first-order valence-corrected chi connectivity index (χ1v) is 5.95. The minimum atomic E-state index is 0.740. The number of rotatable bonds is 1. The Morgan fingerprint density at radius 3 is 2.76 bits per heavy atom. The maximum Gasteiger partial charge on any atom is 0.228 e. The van der Waals surface area contributed by atoms with E-state index in [9.17, 15) is 0 Å². The SMILES string of the molecule is Cc1oc2nccc(N3CCOCC3)c2c1C. The van der Waals surface area contributed by atoms with Gasteiger partial charge in [0.05, 0.1) is 24.3 Å². The number of fused-ring (bicyclic) bond motifs is 1. The summed E-state index contributed by atoms with van der Waals surface area (Å²) >= 11 is 0. The quantitative estimate of drug-likeness (QED) is 0.756. The summed E-state index contributed by atoms with van der Waals surface area (Å²) in [6.07, 6.45) is 1.81. The first-order chi connectivity index (χ1) is 8.27. The number of pyridine rings is 1. The minimum absolute atomic E-state index is 0.740. The molecular weight excluding hydrogens is 216 g/mol. The maximum absolute atomic E-state index is 5.66. The molecule has 4 heteroatoms. The largest absolute Gasteiger partial charge is 0.443 e. The van der Waals surface area contributed by atoms with Crippen LogP contribution in [0.1, 0.15) is 11.3 Å². The van der Waals surface area contributed by atoms with Crippen LogP contribution in [-0.2, 0) is 4.74 Å². The summed E-state index contributed by atoms with van der Waals surface area (Å²) < 4.78 is 11.0. The van der Waals surface area contributed by atoms with Crippen molar-refractivity contribution < 1.29 is 9.15 Å². The number of morpholine rings is 1. The van der Waals surface area contributed by atoms with Crippen molar-refractivity contribution in [1.29, 1.82) is 0 Å². The van der Waals surface area contributed by atoms with Crippen molar-refractivity contribution in [2.24, 2.45) is 0 Å². The Kier molecular flexibility index (Phi) is 2.52. The first kappa shape index (κ1) is 10.6. The Morgan fingerprint density at radius 2 is 2.00 bits per heavy atom. The highest BCUT2D eigenvalue weighted by Gasteiger charge is 2.18. The van der Waals surface area contributed by atoms with Gasteiger partial charge in [0.25, 0.3) is 0 Å². The van der Waals surface area contributed by atoms with Crippen LogP contribution in [0.25, 0.3) is 11.1 Å². The van der Waals surface area contributed by atoms with E-state index in [0.717, 1.165) is 43.2 Å². The first-order valence-electron chi connectivity index (χ1n) is 5.95. The lowest BCUT2D eigenvalue weighted by Gasteiger charge is -2.29. The zero-order valence-corrected chi connectivity index (χ0v) is 10.2. The van der Waals surface area contributed by atoms with Gasteiger partial charge in [0.15, 0.2) is 0 Å². The van der Waals surface area contributed by atoms with Gasteiger partial charge >= 0.3 is 0 Å². The van der Waals surface area contributed by atoms with Crippen molar-refractivity contribution in [3.63, 3.8) is 0 Å². The van der Waals surface area contributed by atoms with Gasteiger partial charge in [0.2, 0.25) is 5.71 Å². The van der Waals surface area contributed by atoms with Crippen LogP contribution in [0.4, 0.5) is 5.69 Å². The fourth-order valence-electron chi connectivity index (χ4n) is 2.33. The van der Waals surface area contributed by atoms with Gasteiger partial charge in [-0.2, -0.15) is 0 Å². The highest BCUT2D eigenvalue weighted by Crippen LogP contribution is 2.32. The standard InChI is InChI=1S/C13H16N2O2/c1-9-10(2)17-13-12(9)11(3-4-14-13)15-5-7-16-8-6-15/h3-4H,5-8H2,1-2H3. The van der Waals surface area contributed by atoms with Crippen molar-refractivity contribution in [2.75, 3.05) is 31.2 Å². The highest BCUT2D eigenvalue weighted by atomic mass is 16.5. The molecule has 1 aliphatic rings. The predicted octanol–water partition coefficient (Wildman–Crippen LogP) is 2.28. The summed E-state index contributed by atoms with van der Waals surface area (Å²) in [6, 6.07) is 2.07. The van der Waals surface area contributed by atoms with E-state index in [0.29, 0.717) is 0 Å². The van der Waals surface area contributed by atoms with Crippen molar-refractivity contribution >= 4 is 16.8 Å². The van der Waals surface area contributed by atoms with Crippen LogP contribution < -0.4 is 4.90 Å². The van der Waals surface area contributed by atoms with Crippen LogP contribution in [-0.4, -0.2) is 31.3 Å². The molecule has 0 saturated carbocycles. The molecule has 0 spiro atoms. The van der Waals surface area contributed by atoms with Gasteiger partial charge in [0.1, 0.15) is 5.76 Å². The Bertz CT molecular complexity index is 542. The van der Waals surface area contributed by atoms with Gasteiger partial charge in [-0.3, -0.25) is 0 Å². The molecule has 0 N–H and O–H groups in total. The second kappa shape index (κ2) is 4.04. The zero-order chi connectivity index (χ0) is 11.8. The normalized spacial score (nSPS) is 16.7. The second-order valence-corrected chi connectivity index (χ2v) is 4.39. The number of ether oxygens (including phenoxy) is 1. The lowest BCUT2D eigenvalue weighted by Crippen LogP contribution is -2.36. The molecule has 1 aliphatic heterocycles.